The molecule has 0 saturated carbocycles. The van der Waals surface area contributed by atoms with Crippen LogP contribution in [0.4, 0.5) is 0 Å². The summed E-state index contributed by atoms with van der Waals surface area (Å²) >= 11 is 0. The van der Waals surface area contributed by atoms with Gasteiger partial charge in [0.15, 0.2) is 0 Å². The van der Waals surface area contributed by atoms with Crippen molar-refractivity contribution in [3.05, 3.63) is 34.4 Å². The van der Waals surface area contributed by atoms with Gasteiger partial charge in [0.25, 0.3) is 6.47 Å². The lowest BCUT2D eigenvalue weighted by Crippen LogP contribution is -2.34. The van der Waals surface area contributed by atoms with Crippen molar-refractivity contribution in [3.8, 4) is 0 Å². The number of nitrogens with zero attached hydrogens (tertiary/aromatic N) is 4. The molecule has 2 N–H and O–H groups in total. The lowest BCUT2D eigenvalue weighted by atomic mass is 9.92. The third kappa shape index (κ3) is 4.48. The van der Waals surface area contributed by atoms with E-state index in [2.05, 4.69) is 52.6 Å². The number of hydrogen-bond donors (Lipinski definition) is 2. The first-order valence-electron chi connectivity index (χ1n) is 8.84. The number of aromatic nitrogens is 4. The average Bonchev–Trinajstić information content (AvgIpc) is 3.14. The van der Waals surface area contributed by atoms with E-state index in [0.717, 1.165) is 19.6 Å². The molecule has 2 aromatic rings. The largest absolute Gasteiger partial charge is 0.483 e. The number of carbonyl (C=O) groups is 1. The van der Waals surface area contributed by atoms with E-state index in [1.165, 1.54) is 47.6 Å². The molecule has 1 aliphatic rings. The molecule has 3 rings (SSSR count). The van der Waals surface area contributed by atoms with Crippen LogP contribution < -0.4 is 0 Å². The maximum Gasteiger partial charge on any atom is 0.290 e. The number of aryl methyl sites for hydroxylation is 3. The van der Waals surface area contributed by atoms with Crippen molar-refractivity contribution >= 4 is 6.47 Å². The summed E-state index contributed by atoms with van der Waals surface area (Å²) in [5.74, 6) is 0.582. The summed E-state index contributed by atoms with van der Waals surface area (Å²) in [7, 11) is 0. The molecule has 3 heterocycles. The van der Waals surface area contributed by atoms with Gasteiger partial charge in [0.05, 0.1) is 11.9 Å². The number of carboxylic acid groups (broad SMARTS) is 1. The molecule has 0 aromatic carbocycles. The Morgan fingerprint density at radius 2 is 2.12 bits per heavy atom. The second kappa shape index (κ2) is 8.80. The van der Waals surface area contributed by atoms with Crippen molar-refractivity contribution in [3.63, 3.8) is 0 Å². The SMILES string of the molecule is CCn1nc(C)c(CN2CCCC(c3[nH]ncc3C)C2)c1C.O=CO. The first kappa shape index (κ1) is 19.2. The summed E-state index contributed by atoms with van der Waals surface area (Å²) in [6.07, 6.45) is 4.45. The van der Waals surface area contributed by atoms with E-state index in [1.54, 1.807) is 0 Å². The fourth-order valence-electron chi connectivity index (χ4n) is 3.70. The fourth-order valence-corrected chi connectivity index (χ4v) is 3.70. The van der Waals surface area contributed by atoms with Gasteiger partial charge in [-0.25, -0.2) is 0 Å². The fraction of sp³-hybridized carbons (Fsp3) is 0.611. The molecule has 1 atom stereocenters. The summed E-state index contributed by atoms with van der Waals surface area (Å²) in [5.41, 5.74) is 6.52. The minimum absolute atomic E-state index is 0.250. The van der Waals surface area contributed by atoms with E-state index < -0.39 is 0 Å². The zero-order chi connectivity index (χ0) is 18.4. The Hall–Kier alpha value is -2.15. The number of H-pyrrole nitrogens is 1. The van der Waals surface area contributed by atoms with Crippen LogP contribution in [0.15, 0.2) is 6.20 Å². The lowest BCUT2D eigenvalue weighted by molar-refractivity contribution is -0.122. The molecular formula is C18H29N5O2. The van der Waals surface area contributed by atoms with Gasteiger partial charge >= 0.3 is 0 Å². The number of piperidine rings is 1. The summed E-state index contributed by atoms with van der Waals surface area (Å²) in [6, 6.07) is 0. The molecule has 0 spiro atoms. The predicted octanol–water partition coefficient (Wildman–Crippen LogP) is 2.63. The average molecular weight is 347 g/mol. The van der Waals surface area contributed by atoms with Crippen molar-refractivity contribution < 1.29 is 9.90 Å². The standard InChI is InChI=1S/C17H27N5.CH2O2/c1-5-22-14(4)16(13(3)20-22)11-21-8-6-7-15(10-21)17-12(2)9-18-19-17;2-1-3/h9,15H,5-8,10-11H2,1-4H3,(H,18,19);1H,(H,2,3). The van der Waals surface area contributed by atoms with Crippen LogP contribution in [-0.4, -0.2) is 49.5 Å². The maximum absolute atomic E-state index is 8.36. The molecule has 1 saturated heterocycles. The highest BCUT2D eigenvalue weighted by Gasteiger charge is 2.25. The normalized spacial score (nSPS) is 17.8. The second-order valence-electron chi connectivity index (χ2n) is 6.61. The molecule has 0 aliphatic carbocycles. The highest BCUT2D eigenvalue weighted by Crippen LogP contribution is 2.29. The van der Waals surface area contributed by atoms with Crippen LogP contribution in [0.25, 0.3) is 0 Å². The third-order valence-corrected chi connectivity index (χ3v) is 4.99. The highest BCUT2D eigenvalue weighted by atomic mass is 16.3. The molecule has 0 radical (unpaired) electrons. The first-order valence-corrected chi connectivity index (χ1v) is 8.84. The van der Waals surface area contributed by atoms with Crippen LogP contribution in [0, 0.1) is 20.8 Å². The first-order chi connectivity index (χ1) is 12.0. The minimum atomic E-state index is -0.250. The van der Waals surface area contributed by atoms with Gasteiger partial charge in [0, 0.05) is 42.5 Å². The van der Waals surface area contributed by atoms with Gasteiger partial charge in [-0.15, -0.1) is 0 Å². The lowest BCUT2D eigenvalue weighted by Gasteiger charge is -2.32. The smallest absolute Gasteiger partial charge is 0.290 e. The Morgan fingerprint density at radius 1 is 1.40 bits per heavy atom. The van der Waals surface area contributed by atoms with Crippen LogP contribution in [-0.2, 0) is 17.9 Å². The van der Waals surface area contributed by atoms with Crippen molar-refractivity contribution in [2.45, 2.75) is 59.5 Å². The summed E-state index contributed by atoms with van der Waals surface area (Å²) in [4.78, 5) is 10.9. The van der Waals surface area contributed by atoms with E-state index in [9.17, 15) is 0 Å². The summed E-state index contributed by atoms with van der Waals surface area (Å²) < 4.78 is 2.12. The van der Waals surface area contributed by atoms with Crippen molar-refractivity contribution in [1.82, 2.24) is 24.9 Å². The van der Waals surface area contributed by atoms with Crippen molar-refractivity contribution in [2.24, 2.45) is 0 Å². The van der Waals surface area contributed by atoms with Gasteiger partial charge in [-0.2, -0.15) is 10.2 Å². The van der Waals surface area contributed by atoms with Gasteiger partial charge in [-0.05, 0) is 52.6 Å². The Balaban J connectivity index is 0.000000701. The molecule has 2 aromatic heterocycles. The molecule has 7 heteroatoms. The number of aromatic amines is 1. The molecule has 7 nitrogen and oxygen atoms in total. The van der Waals surface area contributed by atoms with E-state index in [0.29, 0.717) is 5.92 Å². The second-order valence-corrected chi connectivity index (χ2v) is 6.61. The quantitative estimate of drug-likeness (QED) is 0.830. The van der Waals surface area contributed by atoms with Crippen LogP contribution in [0.2, 0.25) is 0 Å². The number of nitrogens with one attached hydrogen (secondary N) is 1. The Labute approximate surface area is 149 Å². The number of likely N-dealkylation sites (tertiary alicyclic amines) is 1. The highest BCUT2D eigenvalue weighted by molar-refractivity contribution is 5.32. The monoisotopic (exact) mass is 347 g/mol. The van der Waals surface area contributed by atoms with Gasteiger partial charge in [-0.1, -0.05) is 0 Å². The molecule has 138 valence electrons. The topological polar surface area (TPSA) is 87.0 Å². The summed E-state index contributed by atoms with van der Waals surface area (Å²) in [5, 5.41) is 18.9. The third-order valence-electron chi connectivity index (χ3n) is 4.99. The molecule has 0 bridgehead atoms. The molecule has 0 amide bonds. The van der Waals surface area contributed by atoms with Gasteiger partial charge in [0.1, 0.15) is 0 Å². The van der Waals surface area contributed by atoms with E-state index in [4.69, 9.17) is 9.90 Å². The molecule has 1 fully saturated rings. The number of rotatable bonds is 4. The van der Waals surface area contributed by atoms with E-state index in [-0.39, 0.29) is 6.47 Å². The van der Waals surface area contributed by atoms with Crippen LogP contribution in [0.1, 0.15) is 53.9 Å². The van der Waals surface area contributed by atoms with Gasteiger partial charge in [-0.3, -0.25) is 19.5 Å². The van der Waals surface area contributed by atoms with E-state index in [1.807, 2.05) is 6.20 Å². The summed E-state index contributed by atoms with van der Waals surface area (Å²) in [6.45, 7) is 12.6. The predicted molar refractivity (Wildman–Crippen MR) is 96.6 cm³/mol. The molecular weight excluding hydrogens is 318 g/mol. The van der Waals surface area contributed by atoms with Crippen molar-refractivity contribution in [2.75, 3.05) is 13.1 Å². The van der Waals surface area contributed by atoms with E-state index >= 15 is 0 Å². The van der Waals surface area contributed by atoms with Crippen molar-refractivity contribution in [1.29, 1.82) is 0 Å². The Bertz CT molecular complexity index is 692. The zero-order valence-corrected chi connectivity index (χ0v) is 15.6. The minimum Gasteiger partial charge on any atom is -0.483 e. The number of hydrogen-bond acceptors (Lipinski definition) is 4. The van der Waals surface area contributed by atoms with Crippen LogP contribution in [0.5, 0.6) is 0 Å². The van der Waals surface area contributed by atoms with Gasteiger partial charge in [0.2, 0.25) is 0 Å². The molecule has 25 heavy (non-hydrogen) atoms. The Kier molecular flexibility index (Phi) is 6.75. The maximum atomic E-state index is 8.36. The van der Waals surface area contributed by atoms with Gasteiger partial charge < -0.3 is 5.11 Å². The van der Waals surface area contributed by atoms with Crippen LogP contribution >= 0.6 is 0 Å². The molecule has 1 aliphatic heterocycles. The zero-order valence-electron chi connectivity index (χ0n) is 15.6. The van der Waals surface area contributed by atoms with Crippen LogP contribution in [0.3, 0.4) is 0 Å². The Morgan fingerprint density at radius 3 is 2.68 bits per heavy atom. The molecule has 1 unspecified atom stereocenters.